The van der Waals surface area contributed by atoms with Crippen molar-refractivity contribution in [2.24, 2.45) is 0 Å². The molecule has 0 unspecified atom stereocenters. The number of benzene rings is 2. The molecule has 3 aromatic rings. The summed E-state index contributed by atoms with van der Waals surface area (Å²) in [5.41, 5.74) is 8.05. The molecule has 1 aromatic heterocycles. The van der Waals surface area contributed by atoms with Crippen LogP contribution in [0.5, 0.6) is 0 Å². The minimum Gasteiger partial charge on any atom is -0.398 e. The van der Waals surface area contributed by atoms with Gasteiger partial charge in [-0.1, -0.05) is 35.5 Å². The van der Waals surface area contributed by atoms with Crippen LogP contribution in [-0.4, -0.2) is 10.1 Å². The molecule has 0 aliphatic heterocycles. The van der Waals surface area contributed by atoms with E-state index in [4.69, 9.17) is 10.3 Å². The first-order valence-electron chi connectivity index (χ1n) is 6.14. The Morgan fingerprint density at radius 2 is 1.95 bits per heavy atom. The van der Waals surface area contributed by atoms with E-state index in [2.05, 4.69) is 10.1 Å². The molecule has 3 rings (SSSR count). The zero-order valence-corrected chi connectivity index (χ0v) is 10.6. The molecule has 5 heteroatoms. The first kappa shape index (κ1) is 12.3. The molecule has 2 N–H and O–H groups in total. The summed E-state index contributed by atoms with van der Waals surface area (Å²) in [7, 11) is 0. The lowest BCUT2D eigenvalue weighted by molar-refractivity contribution is 0.386. The van der Waals surface area contributed by atoms with E-state index in [1.165, 1.54) is 12.1 Å². The van der Waals surface area contributed by atoms with Gasteiger partial charge in [-0.15, -0.1) is 0 Å². The van der Waals surface area contributed by atoms with Gasteiger partial charge < -0.3 is 10.3 Å². The molecule has 0 bridgehead atoms. The number of nitrogens with zero attached hydrogens (tertiary/aromatic N) is 2. The van der Waals surface area contributed by atoms with Crippen molar-refractivity contribution in [2.45, 2.75) is 6.42 Å². The second-order valence-electron chi connectivity index (χ2n) is 4.40. The normalized spacial score (nSPS) is 10.7. The Morgan fingerprint density at radius 3 is 2.75 bits per heavy atom. The van der Waals surface area contributed by atoms with Crippen LogP contribution in [0, 0.1) is 5.82 Å². The fraction of sp³-hybridized carbons (Fsp3) is 0.0667. The third-order valence-corrected chi connectivity index (χ3v) is 2.95. The van der Waals surface area contributed by atoms with E-state index in [-0.39, 0.29) is 5.82 Å². The van der Waals surface area contributed by atoms with Crippen molar-refractivity contribution in [3.8, 4) is 11.4 Å². The van der Waals surface area contributed by atoms with E-state index >= 15 is 0 Å². The van der Waals surface area contributed by atoms with Gasteiger partial charge >= 0.3 is 0 Å². The molecule has 0 aliphatic rings. The van der Waals surface area contributed by atoms with Gasteiger partial charge in [0.05, 0.1) is 6.42 Å². The molecule has 100 valence electrons. The minimum absolute atomic E-state index is 0.332. The number of hydrogen-bond acceptors (Lipinski definition) is 4. The van der Waals surface area contributed by atoms with Gasteiger partial charge in [0, 0.05) is 11.3 Å². The standard InChI is InChI=1S/C15H12FN3O/c16-12-6-3-5-11(8-12)15-18-14(20-19-15)9-10-4-1-2-7-13(10)17/h1-8H,9,17H2. The van der Waals surface area contributed by atoms with Gasteiger partial charge in [-0.3, -0.25) is 0 Å². The number of nitrogen functional groups attached to an aromatic ring is 1. The van der Waals surface area contributed by atoms with Crippen LogP contribution in [0.2, 0.25) is 0 Å². The molecule has 20 heavy (non-hydrogen) atoms. The van der Waals surface area contributed by atoms with Gasteiger partial charge in [0.25, 0.3) is 0 Å². The molecule has 0 spiro atoms. The molecule has 0 saturated carbocycles. The Hall–Kier alpha value is -2.69. The van der Waals surface area contributed by atoms with E-state index < -0.39 is 0 Å². The molecule has 2 aromatic carbocycles. The van der Waals surface area contributed by atoms with Gasteiger partial charge in [0.15, 0.2) is 0 Å². The third-order valence-electron chi connectivity index (χ3n) is 2.95. The summed E-state index contributed by atoms with van der Waals surface area (Å²) < 4.78 is 18.3. The van der Waals surface area contributed by atoms with Crippen LogP contribution in [0.25, 0.3) is 11.4 Å². The number of hydrogen-bond donors (Lipinski definition) is 1. The molecule has 0 saturated heterocycles. The van der Waals surface area contributed by atoms with Crippen LogP contribution < -0.4 is 5.73 Å². The molecular weight excluding hydrogens is 257 g/mol. The first-order chi connectivity index (χ1) is 9.72. The van der Waals surface area contributed by atoms with Crippen molar-refractivity contribution in [3.05, 3.63) is 65.8 Å². The molecule has 4 nitrogen and oxygen atoms in total. The van der Waals surface area contributed by atoms with Gasteiger partial charge in [-0.05, 0) is 23.8 Å². The van der Waals surface area contributed by atoms with Crippen molar-refractivity contribution in [3.63, 3.8) is 0 Å². The van der Waals surface area contributed by atoms with Crippen molar-refractivity contribution < 1.29 is 8.91 Å². The molecule has 0 fully saturated rings. The number of anilines is 1. The smallest absolute Gasteiger partial charge is 0.231 e. The summed E-state index contributed by atoms with van der Waals surface area (Å²) in [6, 6.07) is 13.6. The maximum absolute atomic E-state index is 13.2. The molecule has 0 aliphatic carbocycles. The zero-order valence-electron chi connectivity index (χ0n) is 10.6. The van der Waals surface area contributed by atoms with Gasteiger partial charge in [0.1, 0.15) is 5.82 Å². The summed E-state index contributed by atoms with van der Waals surface area (Å²) in [6.45, 7) is 0. The highest BCUT2D eigenvalue weighted by Gasteiger charge is 2.10. The Labute approximate surface area is 115 Å². The lowest BCUT2D eigenvalue weighted by Crippen LogP contribution is -1.95. The molecule has 1 heterocycles. The van der Waals surface area contributed by atoms with E-state index in [1.54, 1.807) is 12.1 Å². The fourth-order valence-electron chi connectivity index (χ4n) is 1.93. The topological polar surface area (TPSA) is 64.9 Å². The quantitative estimate of drug-likeness (QED) is 0.742. The number of nitrogens with two attached hydrogens (primary N) is 1. The third kappa shape index (κ3) is 2.51. The van der Waals surface area contributed by atoms with E-state index in [1.807, 2.05) is 24.3 Å². The number of aromatic nitrogens is 2. The van der Waals surface area contributed by atoms with E-state index in [9.17, 15) is 4.39 Å². The second-order valence-corrected chi connectivity index (χ2v) is 4.40. The maximum Gasteiger partial charge on any atom is 0.231 e. The fourth-order valence-corrected chi connectivity index (χ4v) is 1.93. The predicted octanol–water partition coefficient (Wildman–Crippen LogP) is 3.05. The van der Waals surface area contributed by atoms with Crippen LogP contribution in [0.15, 0.2) is 53.1 Å². The molecule has 0 atom stereocenters. The number of para-hydroxylation sites is 1. The van der Waals surface area contributed by atoms with Crippen LogP contribution in [0.1, 0.15) is 11.5 Å². The zero-order chi connectivity index (χ0) is 13.9. The van der Waals surface area contributed by atoms with Gasteiger partial charge in [0.2, 0.25) is 11.7 Å². The Bertz CT molecular complexity index is 739. The van der Waals surface area contributed by atoms with Crippen molar-refractivity contribution in [1.82, 2.24) is 10.1 Å². The largest absolute Gasteiger partial charge is 0.398 e. The van der Waals surface area contributed by atoms with Gasteiger partial charge in [-0.2, -0.15) is 4.98 Å². The van der Waals surface area contributed by atoms with Crippen LogP contribution in [0.3, 0.4) is 0 Å². The summed E-state index contributed by atoms with van der Waals surface area (Å²) in [5.74, 6) is 0.484. The van der Waals surface area contributed by atoms with Crippen molar-refractivity contribution >= 4 is 5.69 Å². The minimum atomic E-state index is -0.332. The first-order valence-corrected chi connectivity index (χ1v) is 6.14. The SMILES string of the molecule is Nc1ccccc1Cc1nc(-c2cccc(F)c2)no1. The predicted molar refractivity (Wildman–Crippen MR) is 73.4 cm³/mol. The highest BCUT2D eigenvalue weighted by atomic mass is 19.1. The van der Waals surface area contributed by atoms with Crippen LogP contribution in [-0.2, 0) is 6.42 Å². The second kappa shape index (κ2) is 5.13. The van der Waals surface area contributed by atoms with Crippen molar-refractivity contribution in [2.75, 3.05) is 5.73 Å². The van der Waals surface area contributed by atoms with E-state index in [0.717, 1.165) is 5.56 Å². The summed E-state index contributed by atoms with van der Waals surface area (Å²) >= 11 is 0. The van der Waals surface area contributed by atoms with Gasteiger partial charge in [-0.25, -0.2) is 4.39 Å². The number of rotatable bonds is 3. The summed E-state index contributed by atoms with van der Waals surface area (Å²) in [6.07, 6.45) is 0.453. The Kier molecular flexibility index (Phi) is 3.16. The van der Waals surface area contributed by atoms with E-state index in [0.29, 0.717) is 29.4 Å². The summed E-state index contributed by atoms with van der Waals surface area (Å²) in [5, 5.41) is 3.86. The highest BCUT2D eigenvalue weighted by Crippen LogP contribution is 2.19. The molecule has 0 radical (unpaired) electrons. The molecular formula is C15H12FN3O. The summed E-state index contributed by atoms with van der Waals surface area (Å²) in [4.78, 5) is 4.26. The number of halogens is 1. The van der Waals surface area contributed by atoms with Crippen molar-refractivity contribution in [1.29, 1.82) is 0 Å². The average molecular weight is 269 g/mol. The Morgan fingerprint density at radius 1 is 1.10 bits per heavy atom. The Balaban J connectivity index is 1.86. The lowest BCUT2D eigenvalue weighted by atomic mass is 10.1. The highest BCUT2D eigenvalue weighted by molar-refractivity contribution is 5.54. The van der Waals surface area contributed by atoms with Crippen LogP contribution >= 0.6 is 0 Å². The maximum atomic E-state index is 13.2. The average Bonchev–Trinajstić information content (AvgIpc) is 2.90. The lowest BCUT2D eigenvalue weighted by Gasteiger charge is -2.00. The van der Waals surface area contributed by atoms with Crippen LogP contribution in [0.4, 0.5) is 10.1 Å². The monoisotopic (exact) mass is 269 g/mol. The molecule has 0 amide bonds.